The van der Waals surface area contributed by atoms with Gasteiger partial charge < -0.3 is 0 Å². The van der Waals surface area contributed by atoms with E-state index in [1.807, 2.05) is 0 Å². The van der Waals surface area contributed by atoms with Gasteiger partial charge in [0.05, 0.1) is 0 Å². The molecule has 6 rings (SSSR count). The molecule has 0 bridgehead atoms. The quantitative estimate of drug-likeness (QED) is 0.193. The lowest BCUT2D eigenvalue weighted by molar-refractivity contribution is 0.515. The molecule has 0 aliphatic heterocycles. The van der Waals surface area contributed by atoms with Crippen LogP contribution < -0.4 is 0 Å². The molecule has 0 amide bonds. The Morgan fingerprint density at radius 2 is 1.14 bits per heavy atom. The van der Waals surface area contributed by atoms with E-state index in [0.29, 0.717) is 0 Å². The van der Waals surface area contributed by atoms with Gasteiger partial charge in [0.1, 0.15) is 0 Å². The standard InChI is InChI=1S/C34H32Br2/c1-4-5-6-10-17-34(22-11-8-7-9-12-22)31-19-24(36)14-16-26(31)28-20-30-27(21-32(28)34)25-15-13-23(35)18-29(25)33(30,2)3/h7-9,11-16,18-21H,4-6,10,17H2,1-3H3. The Morgan fingerprint density at radius 3 is 1.83 bits per heavy atom. The first-order chi connectivity index (χ1) is 17.4. The normalized spacial score (nSPS) is 18.5. The molecule has 0 radical (unpaired) electrons. The van der Waals surface area contributed by atoms with Gasteiger partial charge in [0.2, 0.25) is 0 Å². The van der Waals surface area contributed by atoms with Crippen molar-refractivity contribution in [2.45, 2.75) is 63.7 Å². The maximum atomic E-state index is 3.82. The zero-order chi connectivity index (χ0) is 25.1. The molecule has 0 N–H and O–H groups in total. The van der Waals surface area contributed by atoms with Crippen LogP contribution in [0.1, 0.15) is 80.7 Å². The van der Waals surface area contributed by atoms with Gasteiger partial charge in [0.15, 0.2) is 0 Å². The molecule has 0 fully saturated rings. The lowest BCUT2D eigenvalue weighted by Gasteiger charge is -2.34. The minimum atomic E-state index is -0.138. The number of hydrogen-bond acceptors (Lipinski definition) is 0. The van der Waals surface area contributed by atoms with Crippen LogP contribution in [0.15, 0.2) is 87.8 Å². The van der Waals surface area contributed by atoms with Gasteiger partial charge in [0, 0.05) is 19.8 Å². The molecule has 4 aromatic rings. The molecule has 0 spiro atoms. The molecular weight excluding hydrogens is 568 g/mol. The van der Waals surface area contributed by atoms with Crippen LogP contribution in [0.25, 0.3) is 22.3 Å². The second-order valence-corrected chi connectivity index (χ2v) is 12.9. The van der Waals surface area contributed by atoms with Crippen LogP contribution in [-0.4, -0.2) is 0 Å². The number of unbranched alkanes of at least 4 members (excludes halogenated alkanes) is 3. The largest absolute Gasteiger partial charge is 0.0654 e. The van der Waals surface area contributed by atoms with Crippen molar-refractivity contribution in [3.05, 3.63) is 116 Å². The second-order valence-electron chi connectivity index (χ2n) is 11.0. The van der Waals surface area contributed by atoms with E-state index < -0.39 is 0 Å². The van der Waals surface area contributed by atoms with E-state index >= 15 is 0 Å². The molecule has 1 unspecified atom stereocenters. The third-order valence-corrected chi connectivity index (χ3v) is 9.63. The van der Waals surface area contributed by atoms with Gasteiger partial charge in [-0.25, -0.2) is 0 Å². The fraction of sp³-hybridized carbons (Fsp3) is 0.294. The number of benzene rings is 4. The number of fused-ring (bicyclic) bond motifs is 6. The van der Waals surface area contributed by atoms with E-state index in [4.69, 9.17) is 0 Å². The average Bonchev–Trinajstić information content (AvgIpc) is 3.27. The van der Waals surface area contributed by atoms with Gasteiger partial charge >= 0.3 is 0 Å². The maximum Gasteiger partial charge on any atom is 0.0464 e. The van der Waals surface area contributed by atoms with Crippen LogP contribution in [0.5, 0.6) is 0 Å². The van der Waals surface area contributed by atoms with Crippen molar-refractivity contribution in [2.24, 2.45) is 0 Å². The summed E-state index contributed by atoms with van der Waals surface area (Å²) < 4.78 is 2.31. The molecule has 2 heteroatoms. The highest BCUT2D eigenvalue weighted by Crippen LogP contribution is 2.59. The maximum absolute atomic E-state index is 3.82. The molecule has 0 aromatic heterocycles. The fourth-order valence-corrected chi connectivity index (χ4v) is 7.57. The van der Waals surface area contributed by atoms with Gasteiger partial charge in [0.25, 0.3) is 0 Å². The first-order valence-corrected chi connectivity index (χ1v) is 14.8. The predicted molar refractivity (Wildman–Crippen MR) is 160 cm³/mol. The summed E-state index contributed by atoms with van der Waals surface area (Å²) in [7, 11) is 0. The Balaban J connectivity index is 1.65. The number of hydrogen-bond donors (Lipinski definition) is 0. The van der Waals surface area contributed by atoms with Gasteiger partial charge in [-0.15, -0.1) is 0 Å². The Labute approximate surface area is 232 Å². The summed E-state index contributed by atoms with van der Waals surface area (Å²) in [5, 5.41) is 0. The lowest BCUT2D eigenvalue weighted by atomic mass is 9.68. The van der Waals surface area contributed by atoms with Gasteiger partial charge in [-0.2, -0.15) is 0 Å². The Morgan fingerprint density at radius 1 is 0.583 bits per heavy atom. The van der Waals surface area contributed by atoms with Crippen LogP contribution in [-0.2, 0) is 10.8 Å². The van der Waals surface area contributed by atoms with Crippen LogP contribution in [0.3, 0.4) is 0 Å². The minimum absolute atomic E-state index is 0.0296. The van der Waals surface area contributed by atoms with Crippen molar-refractivity contribution >= 4 is 31.9 Å². The number of halogens is 2. The van der Waals surface area contributed by atoms with Gasteiger partial charge in [-0.1, -0.05) is 121 Å². The van der Waals surface area contributed by atoms with Crippen molar-refractivity contribution in [1.29, 1.82) is 0 Å². The highest BCUT2D eigenvalue weighted by atomic mass is 79.9. The molecular formula is C34H32Br2. The average molecular weight is 600 g/mol. The van der Waals surface area contributed by atoms with E-state index in [-0.39, 0.29) is 10.8 Å². The molecule has 2 aliphatic rings. The van der Waals surface area contributed by atoms with Crippen LogP contribution in [0.4, 0.5) is 0 Å². The van der Waals surface area contributed by atoms with Crippen LogP contribution in [0, 0.1) is 0 Å². The third kappa shape index (κ3) is 3.51. The third-order valence-electron chi connectivity index (χ3n) is 8.64. The summed E-state index contributed by atoms with van der Waals surface area (Å²) in [6.45, 7) is 7.05. The minimum Gasteiger partial charge on any atom is -0.0654 e. The SMILES string of the molecule is CCCCCCC1(c2ccccc2)c2cc(Br)ccc2-c2cc3c(cc21)-c1ccc(Br)cc1C3(C)C. The second kappa shape index (κ2) is 8.99. The molecule has 0 saturated heterocycles. The first kappa shape index (κ1) is 24.2. The molecule has 2 aliphatic carbocycles. The Hall–Kier alpha value is -2.16. The highest BCUT2D eigenvalue weighted by molar-refractivity contribution is 9.10. The molecule has 182 valence electrons. The number of rotatable bonds is 6. The van der Waals surface area contributed by atoms with Crippen molar-refractivity contribution in [1.82, 2.24) is 0 Å². The predicted octanol–water partition coefficient (Wildman–Crippen LogP) is 10.8. The summed E-state index contributed by atoms with van der Waals surface area (Å²) >= 11 is 7.55. The van der Waals surface area contributed by atoms with Crippen molar-refractivity contribution in [2.75, 3.05) is 0 Å². The zero-order valence-electron chi connectivity index (χ0n) is 21.3. The van der Waals surface area contributed by atoms with Crippen LogP contribution in [0.2, 0.25) is 0 Å². The first-order valence-electron chi connectivity index (χ1n) is 13.2. The summed E-state index contributed by atoms with van der Waals surface area (Å²) in [5.41, 5.74) is 12.6. The van der Waals surface area contributed by atoms with Crippen molar-refractivity contribution in [3.63, 3.8) is 0 Å². The van der Waals surface area contributed by atoms with E-state index in [0.717, 1.165) is 15.4 Å². The monoisotopic (exact) mass is 598 g/mol. The molecule has 0 heterocycles. The van der Waals surface area contributed by atoms with Crippen molar-refractivity contribution in [3.8, 4) is 22.3 Å². The topological polar surface area (TPSA) is 0 Å². The summed E-state index contributed by atoms with van der Waals surface area (Å²) in [5.74, 6) is 0. The Bertz CT molecular complexity index is 1460. The smallest absolute Gasteiger partial charge is 0.0464 e. The molecule has 0 saturated carbocycles. The zero-order valence-corrected chi connectivity index (χ0v) is 24.5. The highest BCUT2D eigenvalue weighted by Gasteiger charge is 2.46. The van der Waals surface area contributed by atoms with E-state index in [2.05, 4.69) is 131 Å². The van der Waals surface area contributed by atoms with Crippen molar-refractivity contribution < 1.29 is 0 Å². The molecule has 0 nitrogen and oxygen atoms in total. The van der Waals surface area contributed by atoms with Crippen LogP contribution >= 0.6 is 31.9 Å². The molecule has 36 heavy (non-hydrogen) atoms. The molecule has 1 atom stereocenters. The Kier molecular flexibility index (Phi) is 6.04. The van der Waals surface area contributed by atoms with Gasteiger partial charge in [-0.05, 0) is 92.9 Å². The summed E-state index contributed by atoms with van der Waals surface area (Å²) in [6, 6.07) is 30.1. The lowest BCUT2D eigenvalue weighted by Crippen LogP contribution is -2.27. The van der Waals surface area contributed by atoms with E-state index in [1.165, 1.54) is 75.8 Å². The fourth-order valence-electron chi connectivity index (χ4n) is 6.84. The summed E-state index contributed by atoms with van der Waals surface area (Å²) in [6.07, 6.45) is 6.18. The summed E-state index contributed by atoms with van der Waals surface area (Å²) in [4.78, 5) is 0. The van der Waals surface area contributed by atoms with E-state index in [1.54, 1.807) is 0 Å². The van der Waals surface area contributed by atoms with E-state index in [9.17, 15) is 0 Å². The van der Waals surface area contributed by atoms with Gasteiger partial charge in [-0.3, -0.25) is 0 Å². The molecule has 4 aromatic carbocycles.